The molecule has 1 unspecified atom stereocenters. The Labute approximate surface area is 110 Å². The third-order valence-corrected chi connectivity index (χ3v) is 3.86. The second kappa shape index (κ2) is 4.83. The second-order valence-corrected chi connectivity index (χ2v) is 6.29. The van der Waals surface area contributed by atoms with E-state index in [1.807, 2.05) is 0 Å². The third kappa shape index (κ3) is 3.18. The standard InChI is InChI=1S/C10H12ClN3O3S/c11-9-2-1-8(4-13-9)14-5-7(3-10(14)15)6-18(12,16)17/h1-2,4,7H,3,5-6H2,(H2,12,16,17). The first-order chi connectivity index (χ1) is 8.35. The number of halogens is 1. The fourth-order valence-electron chi connectivity index (χ4n) is 2.00. The zero-order valence-corrected chi connectivity index (χ0v) is 11.0. The van der Waals surface area contributed by atoms with E-state index in [1.54, 1.807) is 12.1 Å². The molecule has 1 amide bonds. The maximum atomic E-state index is 11.8. The summed E-state index contributed by atoms with van der Waals surface area (Å²) in [4.78, 5) is 17.2. The molecule has 2 N–H and O–H groups in total. The zero-order chi connectivity index (χ0) is 13.3. The van der Waals surface area contributed by atoms with E-state index in [4.69, 9.17) is 16.7 Å². The molecule has 0 aliphatic carbocycles. The highest BCUT2D eigenvalue weighted by Crippen LogP contribution is 2.25. The number of anilines is 1. The van der Waals surface area contributed by atoms with Gasteiger partial charge in [-0.3, -0.25) is 4.79 Å². The zero-order valence-electron chi connectivity index (χ0n) is 9.41. The number of aromatic nitrogens is 1. The average molecular weight is 290 g/mol. The lowest BCUT2D eigenvalue weighted by Gasteiger charge is -2.16. The molecule has 1 atom stereocenters. The lowest BCUT2D eigenvalue weighted by atomic mass is 10.1. The second-order valence-electron chi connectivity index (χ2n) is 4.24. The van der Waals surface area contributed by atoms with Crippen LogP contribution in [0.2, 0.25) is 5.15 Å². The van der Waals surface area contributed by atoms with Gasteiger partial charge in [-0.2, -0.15) is 0 Å². The number of primary sulfonamides is 1. The largest absolute Gasteiger partial charge is 0.311 e. The SMILES string of the molecule is NS(=O)(=O)CC1CC(=O)N(c2ccc(Cl)nc2)C1. The van der Waals surface area contributed by atoms with Crippen molar-refractivity contribution in [1.82, 2.24) is 4.98 Å². The van der Waals surface area contributed by atoms with Crippen LogP contribution >= 0.6 is 11.6 Å². The highest BCUT2D eigenvalue weighted by Gasteiger charge is 2.32. The molecule has 0 bridgehead atoms. The van der Waals surface area contributed by atoms with Gasteiger partial charge in [0, 0.05) is 18.9 Å². The molecule has 1 fully saturated rings. The number of amides is 1. The molecule has 1 aliphatic heterocycles. The van der Waals surface area contributed by atoms with E-state index in [1.165, 1.54) is 11.1 Å². The predicted molar refractivity (Wildman–Crippen MR) is 67.7 cm³/mol. The van der Waals surface area contributed by atoms with Gasteiger partial charge in [-0.05, 0) is 12.1 Å². The molecule has 0 aromatic carbocycles. The molecule has 8 heteroatoms. The summed E-state index contributed by atoms with van der Waals surface area (Å²) in [5, 5.41) is 5.32. The number of nitrogens with zero attached hydrogens (tertiary/aromatic N) is 2. The van der Waals surface area contributed by atoms with Crippen LogP contribution in [0.25, 0.3) is 0 Å². The molecule has 1 aromatic heterocycles. The minimum atomic E-state index is -3.56. The fourth-order valence-corrected chi connectivity index (χ4v) is 2.99. The molecule has 6 nitrogen and oxygen atoms in total. The summed E-state index contributed by atoms with van der Waals surface area (Å²) in [5.41, 5.74) is 0.612. The van der Waals surface area contributed by atoms with Crippen LogP contribution in [0.3, 0.4) is 0 Å². The maximum Gasteiger partial charge on any atom is 0.227 e. The number of carbonyl (C=O) groups is 1. The topological polar surface area (TPSA) is 93.4 Å². The number of pyridine rings is 1. The van der Waals surface area contributed by atoms with Crippen LogP contribution in [0, 0.1) is 5.92 Å². The highest BCUT2D eigenvalue weighted by atomic mass is 35.5. The Hall–Kier alpha value is -1.18. The summed E-state index contributed by atoms with van der Waals surface area (Å²) in [6.45, 7) is 0.332. The Morgan fingerprint density at radius 3 is 2.78 bits per heavy atom. The summed E-state index contributed by atoms with van der Waals surface area (Å²) in [6, 6.07) is 3.25. The maximum absolute atomic E-state index is 11.8. The van der Waals surface area contributed by atoms with Crippen molar-refractivity contribution >= 4 is 33.2 Å². The minimum absolute atomic E-state index is 0.132. The van der Waals surface area contributed by atoms with Crippen LogP contribution in [0.4, 0.5) is 5.69 Å². The summed E-state index contributed by atoms with van der Waals surface area (Å²) >= 11 is 5.66. The Bertz CT molecular complexity index is 558. The van der Waals surface area contributed by atoms with Gasteiger partial charge in [0.1, 0.15) is 5.15 Å². The number of hydrogen-bond donors (Lipinski definition) is 1. The number of nitrogens with two attached hydrogens (primary N) is 1. The molecule has 1 saturated heterocycles. The van der Waals surface area contributed by atoms with Gasteiger partial charge in [-0.15, -0.1) is 0 Å². The van der Waals surface area contributed by atoms with E-state index in [9.17, 15) is 13.2 Å². The Morgan fingerprint density at radius 2 is 2.22 bits per heavy atom. The Morgan fingerprint density at radius 1 is 1.50 bits per heavy atom. The molecular weight excluding hydrogens is 278 g/mol. The molecule has 1 aromatic rings. The van der Waals surface area contributed by atoms with E-state index >= 15 is 0 Å². The molecule has 2 heterocycles. The van der Waals surface area contributed by atoms with Crippen molar-refractivity contribution in [3.63, 3.8) is 0 Å². The minimum Gasteiger partial charge on any atom is -0.311 e. The fraction of sp³-hybridized carbons (Fsp3) is 0.400. The van der Waals surface area contributed by atoms with Crippen molar-refractivity contribution in [2.24, 2.45) is 11.1 Å². The smallest absolute Gasteiger partial charge is 0.227 e. The van der Waals surface area contributed by atoms with E-state index in [-0.39, 0.29) is 24.0 Å². The summed E-state index contributed by atoms with van der Waals surface area (Å²) in [7, 11) is -3.56. The summed E-state index contributed by atoms with van der Waals surface area (Å²) < 4.78 is 22.0. The van der Waals surface area contributed by atoms with Crippen molar-refractivity contribution in [3.05, 3.63) is 23.5 Å². The lowest BCUT2D eigenvalue weighted by Crippen LogP contribution is -2.27. The van der Waals surface area contributed by atoms with Gasteiger partial charge in [-0.25, -0.2) is 18.5 Å². The van der Waals surface area contributed by atoms with Crippen LogP contribution in [-0.4, -0.2) is 31.6 Å². The Balaban J connectivity index is 2.12. The van der Waals surface area contributed by atoms with Crippen LogP contribution in [0.15, 0.2) is 18.3 Å². The van der Waals surface area contributed by atoms with Gasteiger partial charge in [0.15, 0.2) is 0 Å². The molecule has 0 radical (unpaired) electrons. The Kier molecular flexibility index (Phi) is 3.56. The number of rotatable bonds is 3. The lowest BCUT2D eigenvalue weighted by molar-refractivity contribution is -0.117. The van der Waals surface area contributed by atoms with Crippen LogP contribution in [0.5, 0.6) is 0 Å². The van der Waals surface area contributed by atoms with Crippen LogP contribution in [-0.2, 0) is 14.8 Å². The third-order valence-electron chi connectivity index (χ3n) is 2.70. The molecular formula is C10H12ClN3O3S. The van der Waals surface area contributed by atoms with Gasteiger partial charge in [0.25, 0.3) is 0 Å². The van der Waals surface area contributed by atoms with E-state index in [0.717, 1.165) is 0 Å². The highest BCUT2D eigenvalue weighted by molar-refractivity contribution is 7.89. The van der Waals surface area contributed by atoms with Gasteiger partial charge in [-0.1, -0.05) is 11.6 Å². The van der Waals surface area contributed by atoms with E-state index in [0.29, 0.717) is 17.4 Å². The van der Waals surface area contributed by atoms with E-state index < -0.39 is 10.0 Å². The monoisotopic (exact) mass is 289 g/mol. The molecule has 2 rings (SSSR count). The van der Waals surface area contributed by atoms with Crippen molar-refractivity contribution < 1.29 is 13.2 Å². The number of carbonyl (C=O) groups excluding carboxylic acids is 1. The van der Waals surface area contributed by atoms with Crippen LogP contribution in [0.1, 0.15) is 6.42 Å². The molecule has 18 heavy (non-hydrogen) atoms. The molecule has 0 saturated carbocycles. The molecule has 0 spiro atoms. The van der Waals surface area contributed by atoms with Gasteiger partial charge < -0.3 is 4.90 Å². The number of hydrogen-bond acceptors (Lipinski definition) is 4. The van der Waals surface area contributed by atoms with Gasteiger partial charge >= 0.3 is 0 Å². The van der Waals surface area contributed by atoms with Crippen LogP contribution < -0.4 is 10.0 Å². The first-order valence-corrected chi connectivity index (χ1v) is 7.37. The van der Waals surface area contributed by atoms with Gasteiger partial charge in [0.05, 0.1) is 17.6 Å². The van der Waals surface area contributed by atoms with Gasteiger partial charge in [0.2, 0.25) is 15.9 Å². The molecule has 1 aliphatic rings. The first kappa shape index (κ1) is 13.3. The van der Waals surface area contributed by atoms with Crippen molar-refractivity contribution in [3.8, 4) is 0 Å². The summed E-state index contributed by atoms with van der Waals surface area (Å²) in [5.74, 6) is -0.591. The predicted octanol–water partition coefficient (Wildman–Crippen LogP) is 0.376. The normalized spacial score (nSPS) is 20.4. The quantitative estimate of drug-likeness (QED) is 0.814. The summed E-state index contributed by atoms with van der Waals surface area (Å²) in [6.07, 6.45) is 1.67. The first-order valence-electron chi connectivity index (χ1n) is 5.27. The van der Waals surface area contributed by atoms with Crippen molar-refractivity contribution in [2.75, 3.05) is 17.2 Å². The number of sulfonamides is 1. The van der Waals surface area contributed by atoms with Crippen molar-refractivity contribution in [1.29, 1.82) is 0 Å². The average Bonchev–Trinajstić information content (AvgIpc) is 2.58. The van der Waals surface area contributed by atoms with Crippen molar-refractivity contribution in [2.45, 2.75) is 6.42 Å². The van der Waals surface area contributed by atoms with E-state index in [2.05, 4.69) is 4.98 Å². The molecule has 98 valence electrons.